The average molecular weight is 366 g/mol. The second-order valence-corrected chi connectivity index (χ2v) is 6.94. The van der Waals surface area contributed by atoms with E-state index in [9.17, 15) is 17.6 Å². The van der Waals surface area contributed by atoms with Crippen molar-refractivity contribution in [2.45, 2.75) is 51.1 Å². The van der Waals surface area contributed by atoms with E-state index in [2.05, 4.69) is 11.7 Å². The molecule has 26 heavy (non-hydrogen) atoms. The van der Waals surface area contributed by atoms with Gasteiger partial charge in [0.05, 0.1) is 5.56 Å². The summed E-state index contributed by atoms with van der Waals surface area (Å²) in [5.41, 5.74) is 0.750. The Kier molecular flexibility index (Phi) is 5.54. The summed E-state index contributed by atoms with van der Waals surface area (Å²) in [4.78, 5) is 0. The van der Waals surface area contributed by atoms with Crippen molar-refractivity contribution in [3.63, 3.8) is 0 Å². The molecule has 0 saturated heterocycles. The van der Waals surface area contributed by atoms with Gasteiger partial charge in [0.1, 0.15) is 5.75 Å². The first-order valence-corrected chi connectivity index (χ1v) is 9.01. The lowest BCUT2D eigenvalue weighted by molar-refractivity contribution is -0.185. The predicted octanol–water partition coefficient (Wildman–Crippen LogP) is 6.78. The van der Waals surface area contributed by atoms with Gasteiger partial charge in [-0.05, 0) is 67.3 Å². The van der Waals surface area contributed by atoms with Crippen molar-refractivity contribution < 1.29 is 22.3 Å². The van der Waals surface area contributed by atoms with Gasteiger partial charge in [-0.15, -0.1) is 0 Å². The van der Waals surface area contributed by atoms with Gasteiger partial charge in [-0.1, -0.05) is 25.5 Å². The smallest absolute Gasteiger partial charge is 0.426 e. The lowest BCUT2D eigenvalue weighted by atomic mass is 9.78. The molecule has 0 N–H and O–H groups in total. The molecule has 1 saturated carbocycles. The molecule has 0 aromatic heterocycles. The van der Waals surface area contributed by atoms with Crippen molar-refractivity contribution in [3.8, 4) is 5.75 Å². The van der Waals surface area contributed by atoms with Crippen molar-refractivity contribution in [1.29, 1.82) is 0 Å². The van der Waals surface area contributed by atoms with Gasteiger partial charge in [0.25, 0.3) is 0 Å². The summed E-state index contributed by atoms with van der Waals surface area (Å²) >= 11 is 0. The molecular formula is C21H22F4O. The largest absolute Gasteiger partial charge is 0.429 e. The number of alkyl halides is 2. The van der Waals surface area contributed by atoms with E-state index in [1.807, 2.05) is 0 Å². The summed E-state index contributed by atoms with van der Waals surface area (Å²) in [6.07, 6.45) is 2.09. The van der Waals surface area contributed by atoms with Gasteiger partial charge >= 0.3 is 6.11 Å². The maximum Gasteiger partial charge on any atom is 0.426 e. The van der Waals surface area contributed by atoms with Crippen LogP contribution in [0.5, 0.6) is 5.75 Å². The van der Waals surface area contributed by atoms with Crippen LogP contribution in [0.25, 0.3) is 0 Å². The Labute approximate surface area is 151 Å². The molecule has 0 bridgehead atoms. The number of hydrogen-bond donors (Lipinski definition) is 0. The molecule has 0 atom stereocenters. The second kappa shape index (κ2) is 7.68. The van der Waals surface area contributed by atoms with Gasteiger partial charge in [0, 0.05) is 6.07 Å². The Morgan fingerprint density at radius 2 is 1.58 bits per heavy atom. The molecule has 2 aromatic rings. The van der Waals surface area contributed by atoms with Gasteiger partial charge in [0.2, 0.25) is 0 Å². The summed E-state index contributed by atoms with van der Waals surface area (Å²) in [7, 11) is 0. The fourth-order valence-corrected chi connectivity index (χ4v) is 3.60. The van der Waals surface area contributed by atoms with E-state index >= 15 is 0 Å². The quantitative estimate of drug-likeness (QED) is 0.530. The van der Waals surface area contributed by atoms with Gasteiger partial charge in [-0.25, -0.2) is 8.78 Å². The van der Waals surface area contributed by atoms with E-state index in [1.54, 1.807) is 12.1 Å². The molecule has 3 rings (SSSR count). The Hall–Kier alpha value is -2.04. The Balaban J connectivity index is 1.69. The lowest BCUT2D eigenvalue weighted by Crippen LogP contribution is -2.22. The summed E-state index contributed by atoms with van der Waals surface area (Å²) < 4.78 is 59.3. The van der Waals surface area contributed by atoms with Crippen molar-refractivity contribution in [2.24, 2.45) is 5.92 Å². The van der Waals surface area contributed by atoms with E-state index in [0.29, 0.717) is 12.0 Å². The van der Waals surface area contributed by atoms with E-state index in [4.69, 9.17) is 0 Å². The highest BCUT2D eigenvalue weighted by Crippen LogP contribution is 2.38. The van der Waals surface area contributed by atoms with Gasteiger partial charge in [-0.2, -0.15) is 8.78 Å². The molecular weight excluding hydrogens is 344 g/mol. The van der Waals surface area contributed by atoms with E-state index in [0.717, 1.165) is 36.5 Å². The third-order valence-electron chi connectivity index (χ3n) is 5.28. The van der Waals surface area contributed by atoms with Crippen LogP contribution in [-0.2, 0) is 6.11 Å². The van der Waals surface area contributed by atoms with Crippen molar-refractivity contribution in [2.75, 3.05) is 0 Å². The van der Waals surface area contributed by atoms with Crippen molar-refractivity contribution in [3.05, 3.63) is 65.2 Å². The van der Waals surface area contributed by atoms with Crippen LogP contribution in [0.1, 0.15) is 56.1 Å². The van der Waals surface area contributed by atoms with E-state index in [1.165, 1.54) is 31.4 Å². The number of halogens is 4. The fourth-order valence-electron chi connectivity index (χ4n) is 3.60. The highest BCUT2D eigenvalue weighted by Gasteiger charge is 2.35. The Morgan fingerprint density at radius 1 is 0.923 bits per heavy atom. The molecule has 0 radical (unpaired) electrons. The van der Waals surface area contributed by atoms with Crippen LogP contribution in [0.4, 0.5) is 17.6 Å². The second-order valence-electron chi connectivity index (χ2n) is 6.94. The molecule has 5 heteroatoms. The first-order valence-electron chi connectivity index (χ1n) is 9.01. The van der Waals surface area contributed by atoms with Crippen LogP contribution in [0.15, 0.2) is 42.5 Å². The Bertz CT molecular complexity index is 734. The highest BCUT2D eigenvalue weighted by molar-refractivity contribution is 5.30. The molecule has 1 fully saturated rings. The monoisotopic (exact) mass is 366 g/mol. The minimum atomic E-state index is -3.62. The fraction of sp³-hybridized carbons (Fsp3) is 0.429. The predicted molar refractivity (Wildman–Crippen MR) is 92.3 cm³/mol. The third kappa shape index (κ3) is 4.19. The van der Waals surface area contributed by atoms with Gasteiger partial charge < -0.3 is 4.74 Å². The van der Waals surface area contributed by atoms with Gasteiger partial charge in [-0.3, -0.25) is 0 Å². The number of hydrogen-bond acceptors (Lipinski definition) is 1. The number of benzene rings is 2. The minimum absolute atomic E-state index is 0.312. The summed E-state index contributed by atoms with van der Waals surface area (Å²) in [5.74, 6) is -1.57. The maximum atomic E-state index is 14.3. The first kappa shape index (κ1) is 18.7. The first-order chi connectivity index (χ1) is 12.4. The molecule has 0 amide bonds. The topological polar surface area (TPSA) is 9.23 Å². The summed E-state index contributed by atoms with van der Waals surface area (Å²) in [5, 5.41) is 0. The molecule has 140 valence electrons. The molecule has 2 aromatic carbocycles. The Morgan fingerprint density at radius 3 is 2.15 bits per heavy atom. The molecule has 1 aliphatic carbocycles. The molecule has 0 aliphatic heterocycles. The maximum absolute atomic E-state index is 14.3. The number of ether oxygens (including phenoxy) is 1. The number of rotatable bonds is 5. The minimum Gasteiger partial charge on any atom is -0.429 e. The normalized spacial score (nSPS) is 20.8. The zero-order valence-electron chi connectivity index (χ0n) is 14.7. The molecule has 0 unspecified atom stereocenters. The van der Waals surface area contributed by atoms with Crippen molar-refractivity contribution in [1.82, 2.24) is 0 Å². The van der Waals surface area contributed by atoms with Crippen LogP contribution in [0.2, 0.25) is 0 Å². The van der Waals surface area contributed by atoms with Crippen molar-refractivity contribution >= 4 is 0 Å². The third-order valence-corrected chi connectivity index (χ3v) is 5.28. The molecule has 1 nitrogen and oxygen atoms in total. The lowest BCUT2D eigenvalue weighted by Gasteiger charge is -2.28. The molecule has 1 aliphatic rings. The standard InChI is InChI=1S/C21H22F4O/c1-2-14-3-5-15(6-4-14)16-7-9-17(10-8-16)21(24,25)26-18-11-12-19(22)20(23)13-18/h7-15H,2-6H2,1H3/t14-,15-. The van der Waals surface area contributed by atoms with Crippen LogP contribution in [0, 0.1) is 17.6 Å². The van der Waals surface area contributed by atoms with Crippen LogP contribution >= 0.6 is 0 Å². The van der Waals surface area contributed by atoms with Crippen LogP contribution in [-0.4, -0.2) is 0 Å². The van der Waals surface area contributed by atoms with Crippen LogP contribution in [0.3, 0.4) is 0 Å². The summed E-state index contributed by atoms with van der Waals surface area (Å²) in [6, 6.07) is 8.49. The molecule has 0 heterocycles. The van der Waals surface area contributed by atoms with E-state index in [-0.39, 0.29) is 5.56 Å². The SMILES string of the molecule is CC[C@H]1CC[C@H](c2ccc(C(F)(F)Oc3ccc(F)c(F)c3)cc2)CC1. The average Bonchev–Trinajstić information content (AvgIpc) is 2.65. The van der Waals surface area contributed by atoms with E-state index < -0.39 is 23.5 Å². The van der Waals surface area contributed by atoms with Crippen LogP contribution < -0.4 is 4.74 Å². The highest BCUT2D eigenvalue weighted by atomic mass is 19.3. The molecule has 0 spiro atoms. The van der Waals surface area contributed by atoms with Gasteiger partial charge in [0.15, 0.2) is 11.6 Å². The summed E-state index contributed by atoms with van der Waals surface area (Å²) in [6.45, 7) is 2.20. The zero-order chi connectivity index (χ0) is 18.7. The zero-order valence-corrected chi connectivity index (χ0v) is 14.7.